The lowest BCUT2D eigenvalue weighted by Gasteiger charge is -2.46. The zero-order valence-electron chi connectivity index (χ0n) is 27.8. The molecule has 5 aromatic carbocycles. The van der Waals surface area contributed by atoms with Crippen LogP contribution >= 0.6 is 0 Å². The number of hydrogen-bond acceptors (Lipinski definition) is 6. The first-order chi connectivity index (χ1) is 24.8. The van der Waals surface area contributed by atoms with E-state index in [2.05, 4.69) is 0 Å². The van der Waals surface area contributed by atoms with Crippen molar-refractivity contribution < 1.29 is 28.5 Å². The van der Waals surface area contributed by atoms with E-state index in [1.54, 1.807) is 0 Å². The first-order valence-electron chi connectivity index (χ1n) is 17.1. The maximum atomic E-state index is 12.3. The maximum Gasteiger partial charge on any atom is 0.163 e. The molecule has 1 aliphatic heterocycles. The highest BCUT2D eigenvalue weighted by atomic mass is 16.6. The van der Waals surface area contributed by atoms with E-state index in [4.69, 9.17) is 23.7 Å². The highest BCUT2D eigenvalue weighted by Gasteiger charge is 2.49. The zero-order valence-corrected chi connectivity index (χ0v) is 27.8. The van der Waals surface area contributed by atoms with Crippen LogP contribution in [-0.4, -0.2) is 41.9 Å². The molecule has 2 heterocycles. The lowest BCUT2D eigenvalue weighted by atomic mass is 9.96. The molecule has 1 aromatic heterocycles. The number of ether oxygens (including phenoxy) is 5. The predicted octanol–water partition coefficient (Wildman–Crippen LogP) is 8.32. The summed E-state index contributed by atoms with van der Waals surface area (Å²) in [5.74, 6) is 0. The molecule has 7 heteroatoms. The Labute approximate surface area is 292 Å². The first kappa shape index (κ1) is 33.6. The summed E-state index contributed by atoms with van der Waals surface area (Å²) in [5.41, 5.74) is 5.60. The summed E-state index contributed by atoms with van der Waals surface area (Å²) in [6.07, 6.45) is -0.225. The van der Waals surface area contributed by atoms with Gasteiger partial charge in [-0.25, -0.2) is 0 Å². The number of hydrogen-bond donors (Lipinski definition) is 0. The molecule has 0 bridgehead atoms. The van der Waals surface area contributed by atoms with Crippen LogP contribution in [0.5, 0.6) is 0 Å². The number of fused-ring (bicyclic) bond motifs is 1. The Morgan fingerprint density at radius 2 is 1.00 bits per heavy atom. The lowest BCUT2D eigenvalue weighted by molar-refractivity contribution is -0.289. The van der Waals surface area contributed by atoms with Gasteiger partial charge in [0.05, 0.1) is 38.6 Å². The normalized spacial score (nSPS) is 20.5. The minimum absolute atomic E-state index is 0.251. The number of aldehydes is 1. The fourth-order valence-corrected chi connectivity index (χ4v) is 6.53. The van der Waals surface area contributed by atoms with Crippen molar-refractivity contribution in [2.45, 2.75) is 57.1 Å². The Hall–Kier alpha value is -4.89. The third kappa shape index (κ3) is 8.11. The summed E-state index contributed by atoms with van der Waals surface area (Å²) in [5, 5.41) is 0.842. The van der Waals surface area contributed by atoms with E-state index < -0.39 is 30.6 Å². The second-order valence-corrected chi connectivity index (χ2v) is 12.5. The summed E-state index contributed by atoms with van der Waals surface area (Å²) in [6.45, 7) is 1.70. The van der Waals surface area contributed by atoms with Crippen molar-refractivity contribution in [1.82, 2.24) is 4.57 Å². The van der Waals surface area contributed by atoms with Crippen molar-refractivity contribution in [3.63, 3.8) is 0 Å². The van der Waals surface area contributed by atoms with Crippen LogP contribution in [-0.2, 0) is 50.1 Å². The van der Waals surface area contributed by atoms with Gasteiger partial charge in [0.25, 0.3) is 0 Å². The van der Waals surface area contributed by atoms with Crippen LogP contribution in [0.3, 0.4) is 0 Å². The second-order valence-electron chi connectivity index (χ2n) is 12.5. The van der Waals surface area contributed by atoms with Crippen molar-refractivity contribution in [2.24, 2.45) is 0 Å². The molecule has 1 saturated heterocycles. The molecule has 7 rings (SSSR count). The Bertz CT molecular complexity index is 1910. The average molecular weight is 668 g/mol. The molecule has 5 atom stereocenters. The molecule has 0 aliphatic carbocycles. The lowest BCUT2D eigenvalue weighted by Crippen LogP contribution is -2.59. The Kier molecular flexibility index (Phi) is 11.2. The molecular formula is C43H41NO6. The van der Waals surface area contributed by atoms with Crippen molar-refractivity contribution in [1.29, 1.82) is 0 Å². The van der Waals surface area contributed by atoms with Crippen molar-refractivity contribution in [3.8, 4) is 0 Å². The Morgan fingerprint density at radius 1 is 0.540 bits per heavy atom. The van der Waals surface area contributed by atoms with Gasteiger partial charge in [-0.2, -0.15) is 0 Å². The van der Waals surface area contributed by atoms with E-state index in [-0.39, 0.29) is 6.61 Å². The van der Waals surface area contributed by atoms with Crippen molar-refractivity contribution in [2.75, 3.05) is 6.61 Å². The molecule has 0 unspecified atom stereocenters. The van der Waals surface area contributed by atoms with Crippen LogP contribution in [0, 0.1) is 0 Å². The predicted molar refractivity (Wildman–Crippen MR) is 192 cm³/mol. The van der Waals surface area contributed by atoms with Crippen LogP contribution in [0.1, 0.15) is 38.8 Å². The molecule has 0 N–H and O–H groups in total. The van der Waals surface area contributed by atoms with Gasteiger partial charge in [-0.1, -0.05) is 140 Å². The summed E-state index contributed by atoms with van der Waals surface area (Å²) in [4.78, 5) is 12.3. The molecule has 1 aliphatic rings. The number of benzene rings is 5. The van der Waals surface area contributed by atoms with Gasteiger partial charge < -0.3 is 28.3 Å². The van der Waals surface area contributed by atoms with E-state index >= 15 is 0 Å². The van der Waals surface area contributed by atoms with Gasteiger partial charge in [0.2, 0.25) is 0 Å². The Morgan fingerprint density at radius 3 is 1.54 bits per heavy atom. The highest BCUT2D eigenvalue weighted by molar-refractivity contribution is 5.97. The van der Waals surface area contributed by atoms with Crippen molar-refractivity contribution in [3.05, 3.63) is 180 Å². The smallest absolute Gasteiger partial charge is 0.163 e. The van der Waals surface area contributed by atoms with E-state index in [9.17, 15) is 4.79 Å². The van der Waals surface area contributed by atoms with Gasteiger partial charge in [-0.05, 0) is 28.3 Å². The number of aromatic nitrogens is 1. The van der Waals surface area contributed by atoms with E-state index in [1.807, 2.05) is 156 Å². The fourth-order valence-electron chi connectivity index (χ4n) is 6.53. The van der Waals surface area contributed by atoms with Gasteiger partial charge >= 0.3 is 0 Å². The van der Waals surface area contributed by atoms with Crippen LogP contribution in [0.4, 0.5) is 0 Å². The largest absolute Gasteiger partial charge is 0.374 e. The first-order valence-corrected chi connectivity index (χ1v) is 17.1. The molecule has 1 fully saturated rings. The number of carbonyl (C=O) groups excluding carboxylic acids is 1. The van der Waals surface area contributed by atoms with E-state index in [1.165, 1.54) is 0 Å². The standard InChI is InChI=1S/C43H41NO6/c45-26-36-25-44(38-24-14-13-23-37(36)38)43-42(49-30-35-21-11-4-12-22-35)41(48-29-34-19-9-3-10-20-34)40(47-28-33-17-7-2-8-18-33)39(50-43)31-46-27-32-15-5-1-6-16-32/h1-26,39-43H,27-31H2/t39-,40-,41+,42-,43-/m1/s1. The SMILES string of the molecule is O=Cc1cn([C@@H]2O[C@H](COCc3ccccc3)[C@@H](OCc3ccccc3)[C@H](OCc3ccccc3)[C@H]2OCc2ccccc2)c2ccccc12. The quantitative estimate of drug-likeness (QED) is 0.103. The average Bonchev–Trinajstić information content (AvgIpc) is 3.56. The fraction of sp³-hybridized carbons (Fsp3) is 0.233. The molecule has 254 valence electrons. The minimum atomic E-state index is -0.667. The van der Waals surface area contributed by atoms with Crippen LogP contribution < -0.4 is 0 Å². The summed E-state index contributed by atoms with van der Waals surface area (Å²) < 4.78 is 35.9. The number of rotatable bonds is 15. The van der Waals surface area contributed by atoms with Crippen LogP contribution in [0.15, 0.2) is 152 Å². The summed E-state index contributed by atoms with van der Waals surface area (Å²) in [6, 6.07) is 48.2. The summed E-state index contributed by atoms with van der Waals surface area (Å²) >= 11 is 0. The van der Waals surface area contributed by atoms with Gasteiger partial charge in [-0.3, -0.25) is 4.79 Å². The number of nitrogens with zero attached hydrogens (tertiary/aromatic N) is 1. The Balaban J connectivity index is 1.28. The molecule has 0 radical (unpaired) electrons. The van der Waals surface area contributed by atoms with Gasteiger partial charge in [0.15, 0.2) is 12.5 Å². The van der Waals surface area contributed by atoms with Gasteiger partial charge in [0, 0.05) is 17.1 Å². The number of para-hydroxylation sites is 1. The molecule has 0 spiro atoms. The topological polar surface area (TPSA) is 68.2 Å². The van der Waals surface area contributed by atoms with E-state index in [0.717, 1.165) is 39.4 Å². The molecule has 50 heavy (non-hydrogen) atoms. The van der Waals surface area contributed by atoms with Gasteiger partial charge in [-0.15, -0.1) is 0 Å². The second kappa shape index (κ2) is 16.7. The third-order valence-corrected chi connectivity index (χ3v) is 9.03. The molecule has 0 amide bonds. The zero-order chi connectivity index (χ0) is 34.0. The summed E-state index contributed by atoms with van der Waals surface area (Å²) in [7, 11) is 0. The molecule has 6 aromatic rings. The maximum absolute atomic E-state index is 12.3. The molecule has 0 saturated carbocycles. The van der Waals surface area contributed by atoms with Crippen LogP contribution in [0.25, 0.3) is 10.9 Å². The third-order valence-electron chi connectivity index (χ3n) is 9.03. The van der Waals surface area contributed by atoms with Crippen LogP contribution in [0.2, 0.25) is 0 Å². The highest BCUT2D eigenvalue weighted by Crippen LogP contribution is 2.38. The van der Waals surface area contributed by atoms with Crippen molar-refractivity contribution >= 4 is 17.2 Å². The van der Waals surface area contributed by atoms with Gasteiger partial charge in [0.1, 0.15) is 24.4 Å². The monoisotopic (exact) mass is 667 g/mol. The molecule has 7 nitrogen and oxygen atoms in total. The van der Waals surface area contributed by atoms with E-state index in [0.29, 0.717) is 32.0 Å². The number of carbonyl (C=O) groups is 1. The minimum Gasteiger partial charge on any atom is -0.374 e. The molecular weight excluding hydrogens is 626 g/mol.